The Labute approximate surface area is 184 Å². The number of thiazole rings is 1. The number of thioether (sulfide) groups is 1. The molecule has 0 atom stereocenters. The van der Waals surface area contributed by atoms with Crippen molar-refractivity contribution in [3.05, 3.63) is 62.1 Å². The Balaban J connectivity index is 1.44. The van der Waals surface area contributed by atoms with E-state index in [1.807, 2.05) is 26.2 Å². The molecule has 0 fully saturated rings. The van der Waals surface area contributed by atoms with Crippen molar-refractivity contribution in [3.8, 4) is 5.88 Å². The molecule has 0 aliphatic rings. The van der Waals surface area contributed by atoms with Gasteiger partial charge in [-0.25, -0.2) is 15.0 Å². The fourth-order valence-corrected chi connectivity index (χ4v) is 4.53. The van der Waals surface area contributed by atoms with Crippen LogP contribution in [0.15, 0.2) is 34.7 Å². The van der Waals surface area contributed by atoms with Gasteiger partial charge in [0, 0.05) is 59.9 Å². The Bertz CT molecular complexity index is 1000. The lowest BCUT2D eigenvalue weighted by molar-refractivity contribution is 0.393. The van der Waals surface area contributed by atoms with E-state index >= 15 is 0 Å². The second-order valence-corrected chi connectivity index (χ2v) is 8.93. The van der Waals surface area contributed by atoms with Gasteiger partial charge in [0.15, 0.2) is 0 Å². The molecule has 0 bridgehead atoms. The predicted molar refractivity (Wildman–Crippen MR) is 123 cm³/mol. The zero-order valence-electron chi connectivity index (χ0n) is 17.3. The molecule has 0 radical (unpaired) electrons. The summed E-state index contributed by atoms with van der Waals surface area (Å²) in [5.74, 6) is 2.76. The van der Waals surface area contributed by atoms with Gasteiger partial charge < -0.3 is 15.0 Å². The molecule has 3 aromatic heterocycles. The van der Waals surface area contributed by atoms with Crippen molar-refractivity contribution in [1.29, 1.82) is 0 Å². The topological polar surface area (TPSA) is 96.0 Å². The molecule has 160 valence electrons. The average Bonchev–Trinajstić information content (AvgIpc) is 3.16. The van der Waals surface area contributed by atoms with Crippen LogP contribution >= 0.6 is 23.1 Å². The van der Waals surface area contributed by atoms with Crippen LogP contribution in [0.3, 0.4) is 0 Å². The molecule has 0 saturated heterocycles. The summed E-state index contributed by atoms with van der Waals surface area (Å²) >= 11 is 3.50. The number of H-pyrrole nitrogens is 1. The Kier molecular flexibility index (Phi) is 8.23. The lowest BCUT2D eigenvalue weighted by Crippen LogP contribution is -2.18. The molecule has 3 heterocycles. The van der Waals surface area contributed by atoms with Gasteiger partial charge in [-0.2, -0.15) is 11.8 Å². The van der Waals surface area contributed by atoms with Crippen LogP contribution in [-0.4, -0.2) is 58.3 Å². The van der Waals surface area contributed by atoms with Crippen molar-refractivity contribution in [3.63, 3.8) is 0 Å². The minimum absolute atomic E-state index is 0.165. The molecule has 3 rings (SSSR count). The number of rotatable bonds is 11. The van der Waals surface area contributed by atoms with Crippen LogP contribution in [0.25, 0.3) is 0 Å². The Hall–Kier alpha value is -2.43. The molecule has 0 aromatic carbocycles. The van der Waals surface area contributed by atoms with Crippen molar-refractivity contribution < 1.29 is 4.74 Å². The SMILES string of the molecule is COc1ncccc1Cc1cnc(NCCSCc2csc(CN(C)C)n2)[nH]c1=O. The van der Waals surface area contributed by atoms with E-state index in [0.29, 0.717) is 30.4 Å². The van der Waals surface area contributed by atoms with Crippen LogP contribution in [0.1, 0.15) is 21.8 Å². The van der Waals surface area contributed by atoms with Gasteiger partial charge in [0.25, 0.3) is 5.56 Å². The summed E-state index contributed by atoms with van der Waals surface area (Å²) in [5.41, 5.74) is 2.36. The second kappa shape index (κ2) is 11.1. The summed E-state index contributed by atoms with van der Waals surface area (Å²) in [6, 6.07) is 3.71. The lowest BCUT2D eigenvalue weighted by atomic mass is 10.1. The van der Waals surface area contributed by atoms with E-state index in [1.54, 1.807) is 42.6 Å². The van der Waals surface area contributed by atoms with Crippen LogP contribution in [0.2, 0.25) is 0 Å². The van der Waals surface area contributed by atoms with E-state index in [1.165, 1.54) is 0 Å². The fraction of sp³-hybridized carbons (Fsp3) is 0.400. The number of nitrogens with zero attached hydrogens (tertiary/aromatic N) is 4. The molecule has 30 heavy (non-hydrogen) atoms. The van der Waals surface area contributed by atoms with Crippen molar-refractivity contribution in [2.45, 2.75) is 18.7 Å². The van der Waals surface area contributed by atoms with Crippen molar-refractivity contribution in [1.82, 2.24) is 24.8 Å². The number of ether oxygens (including phenoxy) is 1. The number of nitrogens with one attached hydrogen (secondary N) is 2. The first kappa shape index (κ1) is 22.3. The summed E-state index contributed by atoms with van der Waals surface area (Å²) in [5, 5.41) is 6.43. The van der Waals surface area contributed by atoms with Gasteiger partial charge >= 0.3 is 0 Å². The highest BCUT2D eigenvalue weighted by Crippen LogP contribution is 2.17. The molecule has 0 amide bonds. The Morgan fingerprint density at radius 2 is 2.17 bits per heavy atom. The number of aromatic nitrogens is 4. The monoisotopic (exact) mass is 446 g/mol. The van der Waals surface area contributed by atoms with Gasteiger partial charge in [-0.05, 0) is 20.2 Å². The molecule has 0 aliphatic carbocycles. The smallest absolute Gasteiger partial charge is 0.255 e. The number of aromatic amines is 1. The van der Waals surface area contributed by atoms with Crippen LogP contribution in [0.4, 0.5) is 5.95 Å². The first-order valence-electron chi connectivity index (χ1n) is 9.51. The fourth-order valence-electron chi connectivity index (χ4n) is 2.76. The maximum atomic E-state index is 12.4. The highest BCUT2D eigenvalue weighted by atomic mass is 32.2. The third kappa shape index (κ3) is 6.54. The van der Waals surface area contributed by atoms with Crippen LogP contribution in [0, 0.1) is 0 Å². The molecule has 8 nitrogen and oxygen atoms in total. The Morgan fingerprint density at radius 1 is 1.30 bits per heavy atom. The maximum Gasteiger partial charge on any atom is 0.255 e. The molecule has 0 aliphatic heterocycles. The predicted octanol–water partition coefficient (Wildman–Crippen LogP) is 2.63. The summed E-state index contributed by atoms with van der Waals surface area (Å²) in [4.78, 5) is 30.4. The van der Waals surface area contributed by atoms with Crippen LogP contribution < -0.4 is 15.6 Å². The van der Waals surface area contributed by atoms with E-state index in [2.05, 4.69) is 35.5 Å². The molecule has 0 unspecified atom stereocenters. The third-order valence-electron chi connectivity index (χ3n) is 4.14. The van der Waals surface area contributed by atoms with Crippen LogP contribution in [0.5, 0.6) is 5.88 Å². The Morgan fingerprint density at radius 3 is 2.93 bits per heavy atom. The third-order valence-corrected chi connectivity index (χ3v) is 6.01. The van der Waals surface area contributed by atoms with Gasteiger partial charge in [-0.15, -0.1) is 11.3 Å². The van der Waals surface area contributed by atoms with Gasteiger partial charge in [0.2, 0.25) is 11.8 Å². The van der Waals surface area contributed by atoms with E-state index in [-0.39, 0.29) is 5.56 Å². The molecular formula is C20H26N6O2S2. The molecule has 0 spiro atoms. The number of pyridine rings is 1. The summed E-state index contributed by atoms with van der Waals surface area (Å²) in [6.07, 6.45) is 3.67. The summed E-state index contributed by atoms with van der Waals surface area (Å²) < 4.78 is 5.24. The zero-order chi connectivity index (χ0) is 21.3. The number of hydrogen-bond donors (Lipinski definition) is 2. The van der Waals surface area contributed by atoms with Gasteiger partial charge in [-0.3, -0.25) is 9.78 Å². The summed E-state index contributed by atoms with van der Waals surface area (Å²) in [7, 11) is 5.65. The van der Waals surface area contributed by atoms with E-state index in [0.717, 1.165) is 34.3 Å². The molecule has 10 heteroatoms. The molecule has 0 saturated carbocycles. The first-order chi connectivity index (χ1) is 14.5. The number of anilines is 1. The highest BCUT2D eigenvalue weighted by molar-refractivity contribution is 7.98. The van der Waals surface area contributed by atoms with E-state index < -0.39 is 0 Å². The minimum atomic E-state index is -0.165. The van der Waals surface area contributed by atoms with Gasteiger partial charge in [-0.1, -0.05) is 6.07 Å². The van der Waals surface area contributed by atoms with Crippen molar-refractivity contribution in [2.75, 3.05) is 38.8 Å². The minimum Gasteiger partial charge on any atom is -0.481 e. The number of hydrogen-bond acceptors (Lipinski definition) is 9. The van der Waals surface area contributed by atoms with Crippen molar-refractivity contribution >= 4 is 29.0 Å². The average molecular weight is 447 g/mol. The van der Waals surface area contributed by atoms with Crippen LogP contribution in [-0.2, 0) is 18.7 Å². The highest BCUT2D eigenvalue weighted by Gasteiger charge is 2.09. The van der Waals surface area contributed by atoms with Gasteiger partial charge in [0.1, 0.15) is 5.01 Å². The number of methoxy groups -OCH3 is 1. The standard InChI is InChI=1S/C20H26N6O2S2/c1-26(2)11-17-24-16(13-30-17)12-29-8-7-22-20-23-10-15(18(27)25-20)9-14-5-4-6-21-19(14)28-3/h4-6,10,13H,7-9,11-12H2,1-3H3,(H2,22,23,25,27). The quantitative estimate of drug-likeness (QED) is 0.434. The summed E-state index contributed by atoms with van der Waals surface area (Å²) in [6.45, 7) is 1.58. The lowest BCUT2D eigenvalue weighted by Gasteiger charge is -2.08. The maximum absolute atomic E-state index is 12.4. The normalized spacial score (nSPS) is 11.1. The van der Waals surface area contributed by atoms with Crippen molar-refractivity contribution in [2.24, 2.45) is 0 Å². The van der Waals surface area contributed by atoms with E-state index in [4.69, 9.17) is 4.74 Å². The first-order valence-corrected chi connectivity index (χ1v) is 11.5. The largest absolute Gasteiger partial charge is 0.481 e. The van der Waals surface area contributed by atoms with Gasteiger partial charge in [0.05, 0.1) is 12.8 Å². The van der Waals surface area contributed by atoms with E-state index in [9.17, 15) is 4.79 Å². The zero-order valence-corrected chi connectivity index (χ0v) is 19.0. The second-order valence-electron chi connectivity index (χ2n) is 6.88. The molecule has 2 N–H and O–H groups in total. The molecular weight excluding hydrogens is 420 g/mol. The molecule has 3 aromatic rings.